The van der Waals surface area contributed by atoms with Crippen LogP contribution in [-0.4, -0.2) is 31.7 Å². The van der Waals surface area contributed by atoms with E-state index in [9.17, 15) is 23.3 Å². The van der Waals surface area contributed by atoms with Crippen molar-refractivity contribution in [1.82, 2.24) is 0 Å². The molecule has 0 aliphatic heterocycles. The second kappa shape index (κ2) is 6.86. The summed E-state index contributed by atoms with van der Waals surface area (Å²) < 4.78 is 28.8. The maximum absolute atomic E-state index is 12.2. The van der Waals surface area contributed by atoms with Crippen LogP contribution in [0.2, 0.25) is 5.02 Å². The summed E-state index contributed by atoms with van der Waals surface area (Å²) in [4.78, 5) is 21.4. The first-order chi connectivity index (χ1) is 9.69. The Balaban J connectivity index is 3.10. The molecule has 0 radical (unpaired) electrons. The molecule has 9 heteroatoms. The molecule has 0 amide bonds. The van der Waals surface area contributed by atoms with Gasteiger partial charge in [-0.15, -0.1) is 0 Å². The number of methoxy groups -OCH3 is 1. The van der Waals surface area contributed by atoms with E-state index >= 15 is 0 Å². The molecule has 0 bridgehead atoms. The lowest BCUT2D eigenvalue weighted by Crippen LogP contribution is -2.24. The van der Waals surface area contributed by atoms with Crippen molar-refractivity contribution in [2.24, 2.45) is 0 Å². The number of esters is 1. The summed E-state index contributed by atoms with van der Waals surface area (Å²) in [5.74, 6) is -1.28. The van der Waals surface area contributed by atoms with Gasteiger partial charge >= 0.3 is 5.97 Å². The fourth-order valence-corrected chi connectivity index (χ4v) is 3.35. The number of nitro groups is 1. The third-order valence-electron chi connectivity index (χ3n) is 2.93. The number of carbonyl (C=O) groups excluding carboxylic acids is 1. The molecular weight excluding hydrogens is 322 g/mol. The van der Waals surface area contributed by atoms with Gasteiger partial charge in [-0.05, 0) is 13.0 Å². The zero-order valence-electron chi connectivity index (χ0n) is 11.4. The number of carbonyl (C=O) groups is 1. The molecule has 1 atom stereocenters. The molecule has 7 nitrogen and oxygen atoms in total. The van der Waals surface area contributed by atoms with Crippen LogP contribution in [0.4, 0.5) is 5.69 Å². The van der Waals surface area contributed by atoms with E-state index in [0.717, 1.165) is 7.11 Å². The molecule has 0 aliphatic carbocycles. The summed E-state index contributed by atoms with van der Waals surface area (Å²) in [6.07, 6.45) is -0.322. The number of nitro benzene ring substituents is 1. The van der Waals surface area contributed by atoms with E-state index in [1.807, 2.05) is 0 Å². The Morgan fingerprint density at radius 2 is 2.10 bits per heavy atom. The van der Waals surface area contributed by atoms with Gasteiger partial charge in [-0.25, -0.2) is 8.42 Å². The quantitative estimate of drug-likeness (QED) is 0.448. The number of sulfone groups is 1. The molecule has 0 heterocycles. The standard InChI is InChI=1S/C12H14ClNO6S/c1-8(6-12(15)20-2)21(18,19)7-9-10(13)4-3-5-11(9)14(16)17/h3-5,8H,6-7H2,1-2H3. The van der Waals surface area contributed by atoms with Crippen LogP contribution in [0.5, 0.6) is 0 Å². The third kappa shape index (κ3) is 4.40. The smallest absolute Gasteiger partial charge is 0.306 e. The highest BCUT2D eigenvalue weighted by Crippen LogP contribution is 2.29. The topological polar surface area (TPSA) is 104 Å². The minimum atomic E-state index is -3.79. The SMILES string of the molecule is COC(=O)CC(C)S(=O)(=O)Cc1c(Cl)cccc1[N+](=O)[O-]. The lowest BCUT2D eigenvalue weighted by Gasteiger charge is -2.12. The fourth-order valence-electron chi connectivity index (χ4n) is 1.65. The van der Waals surface area contributed by atoms with Gasteiger partial charge in [-0.1, -0.05) is 17.7 Å². The van der Waals surface area contributed by atoms with Crippen LogP contribution in [0, 0.1) is 10.1 Å². The van der Waals surface area contributed by atoms with E-state index in [-0.39, 0.29) is 22.7 Å². The van der Waals surface area contributed by atoms with Gasteiger partial charge < -0.3 is 4.74 Å². The Labute approximate surface area is 126 Å². The molecule has 1 aromatic rings. The van der Waals surface area contributed by atoms with Crippen LogP contribution < -0.4 is 0 Å². The minimum Gasteiger partial charge on any atom is -0.469 e. The average Bonchev–Trinajstić information content (AvgIpc) is 2.40. The summed E-state index contributed by atoms with van der Waals surface area (Å²) in [6, 6.07) is 3.93. The van der Waals surface area contributed by atoms with Gasteiger partial charge in [0.15, 0.2) is 9.84 Å². The molecule has 0 saturated heterocycles. The van der Waals surface area contributed by atoms with Crippen molar-refractivity contribution in [2.75, 3.05) is 7.11 Å². The lowest BCUT2D eigenvalue weighted by atomic mass is 10.2. The van der Waals surface area contributed by atoms with E-state index in [4.69, 9.17) is 11.6 Å². The monoisotopic (exact) mass is 335 g/mol. The molecule has 0 N–H and O–H groups in total. The molecule has 21 heavy (non-hydrogen) atoms. The van der Waals surface area contributed by atoms with Gasteiger partial charge in [0.25, 0.3) is 5.69 Å². The predicted octanol–water partition coefficient (Wildman–Crippen LogP) is 2.11. The Morgan fingerprint density at radius 3 is 2.62 bits per heavy atom. The van der Waals surface area contributed by atoms with Crippen LogP contribution in [-0.2, 0) is 25.1 Å². The largest absolute Gasteiger partial charge is 0.469 e. The summed E-state index contributed by atoms with van der Waals surface area (Å²) in [7, 11) is -2.63. The number of hydrogen-bond donors (Lipinski definition) is 0. The Morgan fingerprint density at radius 1 is 1.48 bits per heavy atom. The average molecular weight is 336 g/mol. The third-order valence-corrected chi connectivity index (χ3v) is 5.37. The zero-order valence-corrected chi connectivity index (χ0v) is 13.0. The summed E-state index contributed by atoms with van der Waals surface area (Å²) in [5.41, 5.74) is -0.447. The lowest BCUT2D eigenvalue weighted by molar-refractivity contribution is -0.385. The maximum atomic E-state index is 12.2. The number of hydrogen-bond acceptors (Lipinski definition) is 6. The van der Waals surface area contributed by atoms with Gasteiger partial charge in [0.1, 0.15) is 0 Å². The molecule has 1 unspecified atom stereocenters. The minimum absolute atomic E-state index is 0.00181. The van der Waals surface area contributed by atoms with E-state index in [1.54, 1.807) is 0 Å². The molecule has 1 rings (SSSR count). The molecule has 1 aromatic carbocycles. The van der Waals surface area contributed by atoms with Gasteiger partial charge in [0, 0.05) is 6.07 Å². The van der Waals surface area contributed by atoms with Crippen LogP contribution in [0.15, 0.2) is 18.2 Å². The molecule has 0 fully saturated rings. The Kier molecular flexibility index (Phi) is 5.68. The highest BCUT2D eigenvalue weighted by molar-refractivity contribution is 7.91. The number of halogens is 1. The number of benzene rings is 1. The normalized spacial score (nSPS) is 12.7. The van der Waals surface area contributed by atoms with Crippen LogP contribution in [0.25, 0.3) is 0 Å². The summed E-state index contributed by atoms with van der Waals surface area (Å²) in [5, 5.41) is 9.90. The van der Waals surface area contributed by atoms with Crippen molar-refractivity contribution in [3.63, 3.8) is 0 Å². The van der Waals surface area contributed by atoms with E-state index in [0.29, 0.717) is 0 Å². The number of nitrogens with zero attached hydrogens (tertiary/aromatic N) is 1. The maximum Gasteiger partial charge on any atom is 0.306 e. The molecule has 0 aliphatic rings. The molecule has 0 spiro atoms. The van der Waals surface area contributed by atoms with Crippen molar-refractivity contribution in [1.29, 1.82) is 0 Å². The van der Waals surface area contributed by atoms with Crippen molar-refractivity contribution < 1.29 is 22.9 Å². The van der Waals surface area contributed by atoms with Gasteiger partial charge in [-0.3, -0.25) is 14.9 Å². The van der Waals surface area contributed by atoms with Gasteiger partial charge in [0.05, 0.1) is 40.0 Å². The molecule has 0 saturated carbocycles. The second-order valence-corrected chi connectivity index (χ2v) is 7.22. The predicted molar refractivity (Wildman–Crippen MR) is 76.8 cm³/mol. The first kappa shape index (κ1) is 17.4. The first-order valence-corrected chi connectivity index (χ1v) is 7.98. The van der Waals surface area contributed by atoms with E-state index in [2.05, 4.69) is 4.74 Å². The molecule has 0 aromatic heterocycles. The van der Waals surface area contributed by atoms with Crippen molar-refractivity contribution in [3.8, 4) is 0 Å². The van der Waals surface area contributed by atoms with E-state index in [1.165, 1.54) is 25.1 Å². The highest BCUT2D eigenvalue weighted by atomic mass is 35.5. The second-order valence-electron chi connectivity index (χ2n) is 4.39. The highest BCUT2D eigenvalue weighted by Gasteiger charge is 2.29. The molecule has 116 valence electrons. The molecular formula is C12H14ClNO6S. The number of rotatable bonds is 6. The van der Waals surface area contributed by atoms with Crippen LogP contribution in [0.3, 0.4) is 0 Å². The van der Waals surface area contributed by atoms with Crippen molar-refractivity contribution in [2.45, 2.75) is 24.3 Å². The zero-order chi connectivity index (χ0) is 16.2. The summed E-state index contributed by atoms with van der Waals surface area (Å²) >= 11 is 5.86. The Bertz CT molecular complexity index is 658. The van der Waals surface area contributed by atoms with Gasteiger partial charge in [-0.2, -0.15) is 0 Å². The van der Waals surface area contributed by atoms with Crippen LogP contribution >= 0.6 is 11.6 Å². The Hall–Kier alpha value is -1.67. The van der Waals surface area contributed by atoms with Crippen molar-refractivity contribution in [3.05, 3.63) is 38.9 Å². The van der Waals surface area contributed by atoms with E-state index < -0.39 is 31.7 Å². The van der Waals surface area contributed by atoms with Gasteiger partial charge in [0.2, 0.25) is 0 Å². The first-order valence-electron chi connectivity index (χ1n) is 5.89. The fraction of sp³-hybridized carbons (Fsp3) is 0.417. The number of ether oxygens (including phenoxy) is 1. The summed E-state index contributed by atoms with van der Waals surface area (Å²) in [6.45, 7) is 1.34. The van der Waals surface area contributed by atoms with Crippen LogP contribution in [0.1, 0.15) is 18.9 Å². The van der Waals surface area contributed by atoms with Crippen molar-refractivity contribution >= 4 is 33.1 Å².